The molecule has 2 rings (SSSR count). The first-order valence-electron chi connectivity index (χ1n) is 6.17. The van der Waals surface area contributed by atoms with Gasteiger partial charge in [0.05, 0.1) is 11.0 Å². The first-order chi connectivity index (χ1) is 8.81. The van der Waals surface area contributed by atoms with Gasteiger partial charge in [-0.15, -0.1) is 0 Å². The fourth-order valence-corrected chi connectivity index (χ4v) is 2.16. The van der Waals surface area contributed by atoms with E-state index < -0.39 is 14.6 Å². The third-order valence-corrected chi connectivity index (χ3v) is 5.58. The summed E-state index contributed by atoms with van der Waals surface area (Å²) in [5.41, 5.74) is 1.89. The Hall–Kier alpha value is -1.33. The van der Waals surface area contributed by atoms with Crippen LogP contribution in [0.25, 0.3) is 11.0 Å². The average Bonchev–Trinajstić information content (AvgIpc) is 2.71. The number of para-hydroxylation sites is 1. The summed E-state index contributed by atoms with van der Waals surface area (Å²) in [5, 5.41) is 4.25. The molecule has 0 amide bonds. The maximum Gasteiger partial charge on any atom is 0.153 e. The zero-order valence-electron chi connectivity index (χ0n) is 11.4. The number of benzene rings is 1. The molecule has 2 aromatic rings. The Morgan fingerprint density at radius 1 is 1.26 bits per heavy atom. The second kappa shape index (κ2) is 4.98. The molecule has 0 unspecified atom stereocenters. The maximum absolute atomic E-state index is 11.6. The zero-order valence-corrected chi connectivity index (χ0v) is 12.3. The Morgan fingerprint density at radius 2 is 1.95 bits per heavy atom. The SMILES string of the molecule is CC(C)(CNCc1coc2ccccc12)S(C)(=O)=O. The minimum Gasteiger partial charge on any atom is -0.464 e. The molecule has 0 saturated heterocycles. The topological polar surface area (TPSA) is 59.3 Å². The normalized spacial score (nSPS) is 13.0. The van der Waals surface area contributed by atoms with Crippen molar-refractivity contribution in [3.05, 3.63) is 36.1 Å². The largest absolute Gasteiger partial charge is 0.464 e. The molecule has 0 aliphatic heterocycles. The van der Waals surface area contributed by atoms with Gasteiger partial charge in [0, 0.05) is 30.3 Å². The third kappa shape index (κ3) is 2.98. The number of rotatable bonds is 5. The molecule has 1 heterocycles. The zero-order chi connectivity index (χ0) is 14.1. The van der Waals surface area contributed by atoms with E-state index >= 15 is 0 Å². The van der Waals surface area contributed by atoms with E-state index in [-0.39, 0.29) is 0 Å². The molecule has 0 aliphatic rings. The highest BCUT2D eigenvalue weighted by atomic mass is 32.2. The van der Waals surface area contributed by atoms with Crippen molar-refractivity contribution in [2.45, 2.75) is 25.1 Å². The van der Waals surface area contributed by atoms with Gasteiger partial charge in [-0.1, -0.05) is 18.2 Å². The van der Waals surface area contributed by atoms with Crippen molar-refractivity contribution >= 4 is 20.8 Å². The van der Waals surface area contributed by atoms with Crippen LogP contribution in [0.1, 0.15) is 19.4 Å². The summed E-state index contributed by atoms with van der Waals surface area (Å²) in [6.07, 6.45) is 2.98. The molecule has 0 radical (unpaired) electrons. The van der Waals surface area contributed by atoms with Crippen LogP contribution in [0.15, 0.2) is 34.9 Å². The second-order valence-electron chi connectivity index (χ2n) is 5.39. The number of furan rings is 1. The maximum atomic E-state index is 11.6. The minimum atomic E-state index is -3.07. The Kier molecular flexibility index (Phi) is 3.69. The molecule has 0 spiro atoms. The predicted molar refractivity (Wildman–Crippen MR) is 76.8 cm³/mol. The number of hydrogen-bond acceptors (Lipinski definition) is 4. The first kappa shape index (κ1) is 14.1. The lowest BCUT2D eigenvalue weighted by molar-refractivity contribution is 0.520. The van der Waals surface area contributed by atoms with Crippen molar-refractivity contribution in [2.75, 3.05) is 12.8 Å². The molecule has 0 saturated carbocycles. The van der Waals surface area contributed by atoms with Crippen LogP contribution in [0, 0.1) is 0 Å². The summed E-state index contributed by atoms with van der Waals surface area (Å²) in [6, 6.07) is 7.80. The van der Waals surface area contributed by atoms with Crippen molar-refractivity contribution in [2.24, 2.45) is 0 Å². The molecule has 5 heteroatoms. The quantitative estimate of drug-likeness (QED) is 0.914. The number of nitrogens with one attached hydrogen (secondary N) is 1. The van der Waals surface area contributed by atoms with Crippen LogP contribution >= 0.6 is 0 Å². The van der Waals surface area contributed by atoms with Crippen molar-refractivity contribution in [3.8, 4) is 0 Å². The Morgan fingerprint density at radius 3 is 2.63 bits per heavy atom. The molecule has 1 N–H and O–H groups in total. The molecule has 104 valence electrons. The van der Waals surface area contributed by atoms with Crippen LogP contribution in [0.5, 0.6) is 0 Å². The molecule has 0 atom stereocenters. The van der Waals surface area contributed by atoms with E-state index in [0.29, 0.717) is 13.1 Å². The van der Waals surface area contributed by atoms with Crippen LogP contribution in [-0.4, -0.2) is 26.0 Å². The Labute approximate surface area is 113 Å². The van der Waals surface area contributed by atoms with Crippen molar-refractivity contribution in [3.63, 3.8) is 0 Å². The molecule has 1 aromatic heterocycles. The lowest BCUT2D eigenvalue weighted by Crippen LogP contribution is -2.41. The summed E-state index contributed by atoms with van der Waals surface area (Å²) in [5.74, 6) is 0. The monoisotopic (exact) mass is 281 g/mol. The first-order valence-corrected chi connectivity index (χ1v) is 8.06. The standard InChI is InChI=1S/C14H19NO3S/c1-14(2,19(3,16)17)10-15-8-11-9-18-13-7-5-4-6-12(11)13/h4-7,9,15H,8,10H2,1-3H3. The summed E-state index contributed by atoms with van der Waals surface area (Å²) >= 11 is 0. The molecule has 19 heavy (non-hydrogen) atoms. The molecule has 4 nitrogen and oxygen atoms in total. The van der Waals surface area contributed by atoms with E-state index in [9.17, 15) is 8.42 Å². The number of hydrogen-bond donors (Lipinski definition) is 1. The summed E-state index contributed by atoms with van der Waals surface area (Å²) < 4.78 is 27.9. The Balaban J connectivity index is 2.04. The molecular formula is C14H19NO3S. The van der Waals surface area contributed by atoms with Gasteiger partial charge in [-0.25, -0.2) is 8.42 Å². The highest BCUT2D eigenvalue weighted by Crippen LogP contribution is 2.21. The van der Waals surface area contributed by atoms with E-state index in [1.165, 1.54) is 6.26 Å². The fourth-order valence-electron chi connectivity index (χ4n) is 1.80. The van der Waals surface area contributed by atoms with Crippen molar-refractivity contribution in [1.29, 1.82) is 0 Å². The van der Waals surface area contributed by atoms with Crippen molar-refractivity contribution in [1.82, 2.24) is 5.32 Å². The second-order valence-corrected chi connectivity index (χ2v) is 8.04. The third-order valence-electron chi connectivity index (χ3n) is 3.43. The molecule has 0 aliphatic carbocycles. The lowest BCUT2D eigenvalue weighted by Gasteiger charge is -2.22. The smallest absolute Gasteiger partial charge is 0.153 e. The van der Waals surface area contributed by atoms with Gasteiger partial charge in [-0.05, 0) is 19.9 Å². The van der Waals surface area contributed by atoms with Gasteiger partial charge in [0.2, 0.25) is 0 Å². The fraction of sp³-hybridized carbons (Fsp3) is 0.429. The van der Waals surface area contributed by atoms with E-state index in [1.807, 2.05) is 24.3 Å². The van der Waals surface area contributed by atoms with Gasteiger partial charge in [0.25, 0.3) is 0 Å². The van der Waals surface area contributed by atoms with Gasteiger partial charge in [0.15, 0.2) is 9.84 Å². The predicted octanol–water partition coefficient (Wildman–Crippen LogP) is 2.35. The summed E-state index contributed by atoms with van der Waals surface area (Å²) in [6.45, 7) is 4.45. The highest BCUT2D eigenvalue weighted by Gasteiger charge is 2.29. The van der Waals surface area contributed by atoms with E-state index in [0.717, 1.165) is 16.5 Å². The minimum absolute atomic E-state index is 0.408. The van der Waals surface area contributed by atoms with Gasteiger partial charge in [0.1, 0.15) is 5.58 Å². The van der Waals surface area contributed by atoms with Gasteiger partial charge in [-0.3, -0.25) is 0 Å². The van der Waals surface area contributed by atoms with Gasteiger partial charge >= 0.3 is 0 Å². The van der Waals surface area contributed by atoms with E-state index in [1.54, 1.807) is 20.1 Å². The number of sulfone groups is 1. The molecular weight excluding hydrogens is 262 g/mol. The van der Waals surface area contributed by atoms with Gasteiger partial charge in [-0.2, -0.15) is 0 Å². The van der Waals surface area contributed by atoms with Gasteiger partial charge < -0.3 is 9.73 Å². The summed E-state index contributed by atoms with van der Waals surface area (Å²) in [7, 11) is -3.07. The van der Waals surface area contributed by atoms with Crippen LogP contribution < -0.4 is 5.32 Å². The van der Waals surface area contributed by atoms with E-state index in [2.05, 4.69) is 5.32 Å². The molecule has 0 bridgehead atoms. The van der Waals surface area contributed by atoms with Crippen LogP contribution in [0.4, 0.5) is 0 Å². The Bertz CT molecular complexity index is 671. The summed E-state index contributed by atoms with van der Waals surface area (Å²) in [4.78, 5) is 0. The molecule has 1 aromatic carbocycles. The van der Waals surface area contributed by atoms with Crippen molar-refractivity contribution < 1.29 is 12.8 Å². The van der Waals surface area contributed by atoms with Crippen LogP contribution in [0.2, 0.25) is 0 Å². The lowest BCUT2D eigenvalue weighted by atomic mass is 10.1. The van der Waals surface area contributed by atoms with E-state index in [4.69, 9.17) is 4.42 Å². The number of fused-ring (bicyclic) bond motifs is 1. The average molecular weight is 281 g/mol. The van der Waals surface area contributed by atoms with Crippen LogP contribution in [0.3, 0.4) is 0 Å². The molecule has 0 fully saturated rings. The highest BCUT2D eigenvalue weighted by molar-refractivity contribution is 7.92. The van der Waals surface area contributed by atoms with Crippen LogP contribution in [-0.2, 0) is 16.4 Å².